The van der Waals surface area contributed by atoms with Crippen LogP contribution in [-0.4, -0.2) is 38.5 Å². The van der Waals surface area contributed by atoms with Gasteiger partial charge in [0.25, 0.3) is 0 Å². The van der Waals surface area contributed by atoms with Crippen LogP contribution in [0.2, 0.25) is 0 Å². The zero-order valence-corrected chi connectivity index (χ0v) is 20.4. The van der Waals surface area contributed by atoms with E-state index in [1.165, 1.54) is 6.08 Å². The summed E-state index contributed by atoms with van der Waals surface area (Å²) in [6.45, 7) is 7.79. The Morgan fingerprint density at radius 3 is 2.42 bits per heavy atom. The molecule has 4 aromatic rings. The summed E-state index contributed by atoms with van der Waals surface area (Å²) in [5, 5.41) is 0. The van der Waals surface area contributed by atoms with E-state index in [9.17, 15) is 18.0 Å². The summed E-state index contributed by atoms with van der Waals surface area (Å²) in [4.78, 5) is 25.0. The van der Waals surface area contributed by atoms with E-state index in [1.54, 1.807) is 37.7 Å². The molecule has 36 heavy (non-hydrogen) atoms. The molecular weight excluding hydrogens is 473 g/mol. The molecule has 7 nitrogen and oxygen atoms in total. The van der Waals surface area contributed by atoms with Crippen molar-refractivity contribution in [3.63, 3.8) is 0 Å². The van der Waals surface area contributed by atoms with Gasteiger partial charge in [0.2, 0.25) is 0 Å². The van der Waals surface area contributed by atoms with Crippen molar-refractivity contribution >= 4 is 29.2 Å². The first kappa shape index (κ1) is 25.0. The molecular formula is C26H25F3N4O3. The van der Waals surface area contributed by atoms with Crippen molar-refractivity contribution in [2.45, 2.75) is 39.3 Å². The number of nitrogens with zero attached hydrogens (tertiary/aromatic N) is 4. The minimum Gasteiger partial charge on any atom is -0.495 e. The number of hydrogen-bond acceptors (Lipinski definition) is 5. The van der Waals surface area contributed by atoms with Crippen LogP contribution in [0.4, 0.5) is 13.2 Å². The third-order valence-electron chi connectivity index (χ3n) is 5.53. The molecule has 0 saturated carbocycles. The Bertz CT molecular complexity index is 1460. The fourth-order valence-electron chi connectivity index (χ4n) is 3.61. The Morgan fingerprint density at radius 2 is 1.81 bits per heavy atom. The van der Waals surface area contributed by atoms with Gasteiger partial charge in [-0.25, -0.2) is 14.8 Å². The number of aromatic nitrogens is 4. The van der Waals surface area contributed by atoms with Crippen molar-refractivity contribution in [1.82, 2.24) is 19.3 Å². The molecule has 0 spiro atoms. The second-order valence-electron chi connectivity index (χ2n) is 9.28. The third kappa shape index (κ3) is 5.12. The van der Waals surface area contributed by atoms with Crippen molar-refractivity contribution < 1.29 is 27.5 Å². The summed E-state index contributed by atoms with van der Waals surface area (Å²) in [7, 11) is 1.54. The fraction of sp³-hybridized carbons (Fsp3) is 0.269. The monoisotopic (exact) mass is 498 g/mol. The highest BCUT2D eigenvalue weighted by atomic mass is 19.4. The maximum atomic E-state index is 13.0. The molecule has 188 valence electrons. The standard InChI is InChI=1S/C26H25F3N4O3/c1-16-14-32(15-30-16)20-10-6-17(12-22(20)35-5)7-11-23-31-19-9-8-18(25(2,3)4)13-21(19)33(23)36-24(34)26(27,28)29/h6-15H,1-5H3/b11-7+. The number of methoxy groups -OCH3 is 1. The average Bonchev–Trinajstić information content (AvgIpc) is 3.39. The number of ether oxygens (including phenoxy) is 1. The number of aryl methyl sites for hydroxylation is 1. The van der Waals surface area contributed by atoms with Gasteiger partial charge in [0, 0.05) is 6.20 Å². The summed E-state index contributed by atoms with van der Waals surface area (Å²) < 4.78 is 47.2. The van der Waals surface area contributed by atoms with Crippen molar-refractivity contribution in [2.75, 3.05) is 7.11 Å². The maximum absolute atomic E-state index is 13.0. The summed E-state index contributed by atoms with van der Waals surface area (Å²) in [5.41, 5.74) is 3.54. The highest BCUT2D eigenvalue weighted by Crippen LogP contribution is 2.29. The van der Waals surface area contributed by atoms with Crippen molar-refractivity contribution in [1.29, 1.82) is 0 Å². The summed E-state index contributed by atoms with van der Waals surface area (Å²) >= 11 is 0. The minimum absolute atomic E-state index is 0.0296. The second-order valence-corrected chi connectivity index (χ2v) is 9.28. The number of carbonyl (C=O) groups excluding carboxylic acids is 1. The smallest absolute Gasteiger partial charge is 0.493 e. The first-order valence-electron chi connectivity index (χ1n) is 11.1. The largest absolute Gasteiger partial charge is 0.495 e. The van der Waals surface area contributed by atoms with Crippen LogP contribution in [0.3, 0.4) is 0 Å². The fourth-order valence-corrected chi connectivity index (χ4v) is 3.61. The predicted molar refractivity (Wildman–Crippen MR) is 130 cm³/mol. The van der Waals surface area contributed by atoms with Gasteiger partial charge in [-0.1, -0.05) is 39.0 Å². The van der Waals surface area contributed by atoms with Crippen LogP contribution >= 0.6 is 0 Å². The SMILES string of the molecule is COc1cc(/C=C/c2nc3ccc(C(C)(C)C)cc3n2OC(=O)C(F)(F)F)ccc1-n1cnc(C)c1. The van der Waals surface area contributed by atoms with Crippen LogP contribution in [0.5, 0.6) is 5.75 Å². The summed E-state index contributed by atoms with van der Waals surface area (Å²) in [6.07, 6.45) is 1.50. The van der Waals surface area contributed by atoms with Crippen molar-refractivity contribution in [3.8, 4) is 11.4 Å². The van der Waals surface area contributed by atoms with Gasteiger partial charge in [-0.2, -0.15) is 17.9 Å². The number of imidazole rings is 2. The lowest BCUT2D eigenvalue weighted by Gasteiger charge is -2.19. The Hall–Kier alpha value is -4.08. The highest BCUT2D eigenvalue weighted by Gasteiger charge is 2.42. The van der Waals surface area contributed by atoms with Crippen LogP contribution in [-0.2, 0) is 10.2 Å². The van der Waals surface area contributed by atoms with Gasteiger partial charge in [-0.3, -0.25) is 0 Å². The van der Waals surface area contributed by atoms with E-state index in [2.05, 4.69) is 9.97 Å². The van der Waals surface area contributed by atoms with E-state index in [1.807, 2.05) is 56.7 Å². The molecule has 0 fully saturated rings. The van der Waals surface area contributed by atoms with Gasteiger partial charge in [0.15, 0.2) is 5.82 Å². The van der Waals surface area contributed by atoms with Crippen LogP contribution in [0.25, 0.3) is 28.9 Å². The molecule has 0 aliphatic rings. The number of fused-ring (bicyclic) bond motifs is 1. The van der Waals surface area contributed by atoms with Gasteiger partial charge < -0.3 is 14.1 Å². The molecule has 10 heteroatoms. The summed E-state index contributed by atoms with van der Waals surface area (Å²) in [5.74, 6) is -1.73. The van der Waals surface area contributed by atoms with Gasteiger partial charge >= 0.3 is 12.1 Å². The molecule has 2 aromatic carbocycles. The number of rotatable bonds is 5. The number of carbonyl (C=O) groups is 1. The van der Waals surface area contributed by atoms with Crippen LogP contribution in [0, 0.1) is 6.92 Å². The molecule has 2 aromatic heterocycles. The van der Waals surface area contributed by atoms with E-state index in [4.69, 9.17) is 9.57 Å². The number of alkyl halides is 3. The number of benzene rings is 2. The normalized spacial score (nSPS) is 12.4. The molecule has 4 rings (SSSR count). The Balaban J connectivity index is 1.76. The molecule has 0 aliphatic carbocycles. The van der Waals surface area contributed by atoms with Crippen LogP contribution in [0.15, 0.2) is 48.9 Å². The minimum atomic E-state index is -5.16. The zero-order chi connectivity index (χ0) is 26.3. The lowest BCUT2D eigenvalue weighted by molar-refractivity contribution is -0.199. The molecule has 0 bridgehead atoms. The van der Waals surface area contributed by atoms with Crippen LogP contribution < -0.4 is 9.57 Å². The van der Waals surface area contributed by atoms with Gasteiger partial charge in [0.1, 0.15) is 11.3 Å². The maximum Gasteiger partial charge on any atom is 0.493 e. The van der Waals surface area contributed by atoms with Gasteiger partial charge in [-0.15, -0.1) is 0 Å². The number of hydrogen-bond donors (Lipinski definition) is 0. The molecule has 0 aliphatic heterocycles. The second kappa shape index (κ2) is 9.18. The highest BCUT2D eigenvalue weighted by molar-refractivity contribution is 5.83. The average molecular weight is 499 g/mol. The lowest BCUT2D eigenvalue weighted by atomic mass is 9.87. The molecule has 2 heterocycles. The first-order chi connectivity index (χ1) is 16.9. The van der Waals surface area contributed by atoms with E-state index >= 15 is 0 Å². The van der Waals surface area contributed by atoms with Gasteiger partial charge in [0.05, 0.1) is 30.3 Å². The van der Waals surface area contributed by atoms with Crippen molar-refractivity contribution in [3.05, 3.63) is 71.6 Å². The lowest BCUT2D eigenvalue weighted by Crippen LogP contribution is -2.33. The predicted octanol–water partition coefficient (Wildman–Crippen LogP) is 5.52. The molecule has 0 unspecified atom stereocenters. The van der Waals surface area contributed by atoms with Crippen molar-refractivity contribution in [2.24, 2.45) is 0 Å². The topological polar surface area (TPSA) is 71.2 Å². The molecule has 0 N–H and O–H groups in total. The Kier molecular flexibility index (Phi) is 6.38. The molecule has 0 amide bonds. The first-order valence-corrected chi connectivity index (χ1v) is 11.1. The third-order valence-corrected chi connectivity index (χ3v) is 5.53. The Labute approximate surface area is 205 Å². The molecule has 0 atom stereocenters. The Morgan fingerprint density at radius 1 is 1.06 bits per heavy atom. The van der Waals surface area contributed by atoms with E-state index in [0.29, 0.717) is 16.8 Å². The van der Waals surface area contributed by atoms with E-state index < -0.39 is 12.1 Å². The summed E-state index contributed by atoms with van der Waals surface area (Å²) in [6, 6.07) is 10.6. The van der Waals surface area contributed by atoms with Gasteiger partial charge in [-0.05, 0) is 53.8 Å². The molecule has 0 radical (unpaired) electrons. The number of halogens is 3. The zero-order valence-electron chi connectivity index (χ0n) is 20.4. The van der Waals surface area contributed by atoms with E-state index in [0.717, 1.165) is 21.7 Å². The quantitative estimate of drug-likeness (QED) is 0.362. The molecule has 0 saturated heterocycles. The van der Waals surface area contributed by atoms with Crippen LogP contribution in [0.1, 0.15) is 43.4 Å². The van der Waals surface area contributed by atoms with E-state index in [-0.39, 0.29) is 16.8 Å².